The van der Waals surface area contributed by atoms with Gasteiger partial charge in [0.15, 0.2) is 0 Å². The maximum absolute atomic E-state index is 12.0. The maximum Gasteiger partial charge on any atom is 0.270 e. The molecule has 20 heavy (non-hydrogen) atoms. The molecule has 0 aliphatic rings. The molecule has 0 saturated heterocycles. The van der Waals surface area contributed by atoms with E-state index in [0.717, 1.165) is 5.56 Å². The Labute approximate surface area is 122 Å². The molecular weight excluding hydrogens is 278 g/mol. The highest BCUT2D eigenvalue weighted by molar-refractivity contribution is 6.30. The predicted octanol–water partition coefficient (Wildman–Crippen LogP) is 2.46. The summed E-state index contributed by atoms with van der Waals surface area (Å²) in [5, 5.41) is 3.44. The number of nitrogens with one attached hydrogen (secondary N) is 1. The van der Waals surface area contributed by atoms with Crippen LogP contribution in [0.5, 0.6) is 5.88 Å². The molecule has 5 nitrogen and oxygen atoms in total. The first-order valence-corrected chi connectivity index (χ1v) is 6.54. The average Bonchev–Trinajstić information content (AvgIpc) is 2.47. The molecule has 0 radical (unpaired) electrons. The smallest absolute Gasteiger partial charge is 0.270 e. The summed E-state index contributed by atoms with van der Waals surface area (Å²) in [5.41, 5.74) is 1.24. The van der Waals surface area contributed by atoms with Crippen molar-refractivity contribution in [3.8, 4) is 5.88 Å². The number of carbonyl (C=O) groups excluding carboxylic acids is 1. The van der Waals surface area contributed by atoms with Gasteiger partial charge in [-0.3, -0.25) is 4.79 Å². The Kier molecular flexibility index (Phi) is 4.90. The summed E-state index contributed by atoms with van der Waals surface area (Å²) in [6, 6.07) is 8.78. The van der Waals surface area contributed by atoms with E-state index in [0.29, 0.717) is 24.1 Å². The van der Waals surface area contributed by atoms with Crippen LogP contribution in [0.2, 0.25) is 5.02 Å². The van der Waals surface area contributed by atoms with Crippen molar-refractivity contribution in [1.82, 2.24) is 15.3 Å². The van der Waals surface area contributed by atoms with Gasteiger partial charge in [-0.25, -0.2) is 9.97 Å². The molecule has 0 atom stereocenters. The third-order valence-electron chi connectivity index (χ3n) is 2.53. The van der Waals surface area contributed by atoms with Gasteiger partial charge in [0, 0.05) is 17.6 Å². The van der Waals surface area contributed by atoms with Crippen molar-refractivity contribution >= 4 is 17.5 Å². The molecule has 1 amide bonds. The minimum absolute atomic E-state index is 0.275. The van der Waals surface area contributed by atoms with E-state index >= 15 is 0 Å². The third-order valence-corrected chi connectivity index (χ3v) is 2.79. The van der Waals surface area contributed by atoms with E-state index in [2.05, 4.69) is 15.3 Å². The van der Waals surface area contributed by atoms with Crippen LogP contribution in [-0.4, -0.2) is 22.5 Å². The van der Waals surface area contributed by atoms with Crippen LogP contribution in [0.4, 0.5) is 0 Å². The standard InChI is InChI=1S/C14H14ClN3O2/c1-2-20-13-7-12(17-9-18-13)14(19)16-8-10-3-5-11(15)6-4-10/h3-7,9H,2,8H2,1H3,(H,16,19). The van der Waals surface area contributed by atoms with Crippen molar-refractivity contribution in [2.75, 3.05) is 6.61 Å². The zero-order valence-corrected chi connectivity index (χ0v) is 11.7. The summed E-state index contributed by atoms with van der Waals surface area (Å²) in [4.78, 5) is 19.8. The van der Waals surface area contributed by atoms with Gasteiger partial charge in [0.2, 0.25) is 5.88 Å². The van der Waals surface area contributed by atoms with Gasteiger partial charge in [-0.05, 0) is 24.6 Å². The molecule has 0 fully saturated rings. The number of amides is 1. The lowest BCUT2D eigenvalue weighted by atomic mass is 10.2. The zero-order chi connectivity index (χ0) is 14.4. The van der Waals surface area contributed by atoms with Gasteiger partial charge in [-0.15, -0.1) is 0 Å². The summed E-state index contributed by atoms with van der Waals surface area (Å²) in [5.74, 6) is 0.113. The Bertz CT molecular complexity index is 587. The Hall–Kier alpha value is -2.14. The fraction of sp³-hybridized carbons (Fsp3) is 0.214. The Morgan fingerprint density at radius 3 is 2.75 bits per heavy atom. The molecule has 2 rings (SSSR count). The number of aromatic nitrogens is 2. The first-order valence-electron chi connectivity index (χ1n) is 6.16. The molecule has 0 spiro atoms. The molecule has 1 heterocycles. The number of ether oxygens (including phenoxy) is 1. The average molecular weight is 292 g/mol. The molecule has 0 aliphatic carbocycles. The summed E-state index contributed by atoms with van der Waals surface area (Å²) < 4.78 is 5.23. The van der Waals surface area contributed by atoms with Gasteiger partial charge in [0.05, 0.1) is 6.61 Å². The molecule has 0 bridgehead atoms. The van der Waals surface area contributed by atoms with E-state index in [4.69, 9.17) is 16.3 Å². The SMILES string of the molecule is CCOc1cc(C(=O)NCc2ccc(Cl)cc2)ncn1. The minimum Gasteiger partial charge on any atom is -0.478 e. The van der Waals surface area contributed by atoms with Gasteiger partial charge < -0.3 is 10.1 Å². The Morgan fingerprint density at radius 2 is 2.05 bits per heavy atom. The second-order valence-electron chi connectivity index (χ2n) is 3.98. The van der Waals surface area contributed by atoms with Crippen molar-refractivity contribution < 1.29 is 9.53 Å². The van der Waals surface area contributed by atoms with Crippen molar-refractivity contribution in [2.24, 2.45) is 0 Å². The lowest BCUT2D eigenvalue weighted by Gasteiger charge is -2.06. The molecule has 0 unspecified atom stereocenters. The molecule has 1 N–H and O–H groups in total. The summed E-state index contributed by atoms with van der Waals surface area (Å²) in [6.45, 7) is 2.75. The fourth-order valence-electron chi connectivity index (χ4n) is 1.57. The minimum atomic E-state index is -0.275. The van der Waals surface area contributed by atoms with E-state index < -0.39 is 0 Å². The number of carbonyl (C=O) groups is 1. The summed E-state index contributed by atoms with van der Waals surface area (Å²) in [6.07, 6.45) is 1.31. The maximum atomic E-state index is 12.0. The zero-order valence-electron chi connectivity index (χ0n) is 11.0. The number of rotatable bonds is 5. The first kappa shape index (κ1) is 14.3. The third kappa shape index (κ3) is 3.93. The molecule has 0 saturated carbocycles. The number of benzene rings is 1. The molecular formula is C14H14ClN3O2. The van der Waals surface area contributed by atoms with Crippen LogP contribution in [0, 0.1) is 0 Å². The fourth-order valence-corrected chi connectivity index (χ4v) is 1.69. The van der Waals surface area contributed by atoms with E-state index in [1.54, 1.807) is 12.1 Å². The topological polar surface area (TPSA) is 64.1 Å². The predicted molar refractivity (Wildman–Crippen MR) is 75.8 cm³/mol. The van der Waals surface area contributed by atoms with E-state index in [-0.39, 0.29) is 11.6 Å². The van der Waals surface area contributed by atoms with Crippen LogP contribution in [0.3, 0.4) is 0 Å². The van der Waals surface area contributed by atoms with Crippen LogP contribution in [0.15, 0.2) is 36.7 Å². The second kappa shape index (κ2) is 6.86. The Morgan fingerprint density at radius 1 is 1.30 bits per heavy atom. The summed E-state index contributed by atoms with van der Waals surface area (Å²) in [7, 11) is 0. The molecule has 1 aromatic heterocycles. The monoisotopic (exact) mass is 291 g/mol. The van der Waals surface area contributed by atoms with Crippen molar-refractivity contribution in [3.63, 3.8) is 0 Å². The van der Waals surface area contributed by atoms with E-state index in [1.165, 1.54) is 12.4 Å². The van der Waals surface area contributed by atoms with Crippen molar-refractivity contribution in [2.45, 2.75) is 13.5 Å². The molecule has 6 heteroatoms. The second-order valence-corrected chi connectivity index (χ2v) is 4.42. The summed E-state index contributed by atoms with van der Waals surface area (Å²) >= 11 is 5.80. The van der Waals surface area contributed by atoms with E-state index in [9.17, 15) is 4.79 Å². The molecule has 1 aromatic carbocycles. The number of nitrogens with zero attached hydrogens (tertiary/aromatic N) is 2. The molecule has 2 aromatic rings. The lowest BCUT2D eigenvalue weighted by molar-refractivity contribution is 0.0945. The Balaban J connectivity index is 1.97. The van der Waals surface area contributed by atoms with Gasteiger partial charge in [0.1, 0.15) is 12.0 Å². The van der Waals surface area contributed by atoms with Gasteiger partial charge in [-0.2, -0.15) is 0 Å². The van der Waals surface area contributed by atoms with Crippen LogP contribution in [0.25, 0.3) is 0 Å². The van der Waals surface area contributed by atoms with Crippen LogP contribution >= 0.6 is 11.6 Å². The molecule has 0 aliphatic heterocycles. The number of hydrogen-bond acceptors (Lipinski definition) is 4. The largest absolute Gasteiger partial charge is 0.478 e. The van der Waals surface area contributed by atoms with E-state index in [1.807, 2.05) is 19.1 Å². The highest BCUT2D eigenvalue weighted by Gasteiger charge is 2.08. The van der Waals surface area contributed by atoms with Crippen LogP contribution < -0.4 is 10.1 Å². The first-order chi connectivity index (χ1) is 9.69. The van der Waals surface area contributed by atoms with Gasteiger partial charge >= 0.3 is 0 Å². The van der Waals surface area contributed by atoms with Crippen molar-refractivity contribution in [1.29, 1.82) is 0 Å². The van der Waals surface area contributed by atoms with Crippen LogP contribution in [-0.2, 0) is 6.54 Å². The normalized spacial score (nSPS) is 10.1. The number of halogens is 1. The quantitative estimate of drug-likeness (QED) is 0.919. The van der Waals surface area contributed by atoms with Gasteiger partial charge in [0.25, 0.3) is 5.91 Å². The number of hydrogen-bond donors (Lipinski definition) is 1. The van der Waals surface area contributed by atoms with Crippen LogP contribution in [0.1, 0.15) is 23.0 Å². The highest BCUT2D eigenvalue weighted by atomic mass is 35.5. The van der Waals surface area contributed by atoms with Crippen molar-refractivity contribution in [3.05, 3.63) is 52.9 Å². The molecule has 104 valence electrons. The highest BCUT2D eigenvalue weighted by Crippen LogP contribution is 2.10. The van der Waals surface area contributed by atoms with Gasteiger partial charge in [-0.1, -0.05) is 23.7 Å². The lowest BCUT2D eigenvalue weighted by Crippen LogP contribution is -2.23.